The van der Waals surface area contributed by atoms with E-state index in [-0.39, 0.29) is 16.2 Å². The molecule has 0 aliphatic rings. The van der Waals surface area contributed by atoms with Crippen LogP contribution in [0.15, 0.2) is 47.4 Å². The Morgan fingerprint density at radius 3 is 2.18 bits per heavy atom. The van der Waals surface area contributed by atoms with Crippen LogP contribution >= 0.6 is 0 Å². The molecule has 0 radical (unpaired) electrons. The van der Waals surface area contributed by atoms with Crippen molar-refractivity contribution < 1.29 is 17.9 Å². The lowest BCUT2D eigenvalue weighted by Gasteiger charge is -2.30. The van der Waals surface area contributed by atoms with Crippen molar-refractivity contribution in [1.82, 2.24) is 4.90 Å². The number of anilines is 2. The van der Waals surface area contributed by atoms with E-state index in [0.717, 1.165) is 11.3 Å². The zero-order valence-electron chi connectivity index (χ0n) is 21.7. The Morgan fingerprint density at radius 2 is 1.68 bits per heavy atom. The van der Waals surface area contributed by atoms with Crippen molar-refractivity contribution >= 4 is 27.3 Å². The van der Waals surface area contributed by atoms with Crippen molar-refractivity contribution in [1.29, 1.82) is 0 Å². The number of hydrogen-bond donors (Lipinski definition) is 1. The normalized spacial score (nSPS) is 11.9. The lowest BCUT2D eigenvalue weighted by Crippen LogP contribution is -2.36. The summed E-state index contributed by atoms with van der Waals surface area (Å²) in [4.78, 5) is 17.1. The molecule has 34 heavy (non-hydrogen) atoms. The number of rotatable bonds is 10. The molecule has 0 fully saturated rings. The predicted octanol–water partition coefficient (Wildman–Crippen LogP) is 4.98. The minimum Gasteiger partial charge on any atom is -0.497 e. The Labute approximate surface area is 205 Å². The molecule has 2 aromatic rings. The van der Waals surface area contributed by atoms with E-state index in [1.165, 1.54) is 19.2 Å². The van der Waals surface area contributed by atoms with Crippen molar-refractivity contribution in [3.63, 3.8) is 0 Å². The molecule has 1 N–H and O–H groups in total. The van der Waals surface area contributed by atoms with Crippen molar-refractivity contribution in [2.45, 2.75) is 52.5 Å². The van der Waals surface area contributed by atoms with Gasteiger partial charge in [-0.1, -0.05) is 34.6 Å². The summed E-state index contributed by atoms with van der Waals surface area (Å²) in [5, 5.41) is 0. The zero-order valence-corrected chi connectivity index (χ0v) is 22.5. The molecule has 7 nitrogen and oxygen atoms in total. The highest BCUT2D eigenvalue weighted by Crippen LogP contribution is 2.28. The van der Waals surface area contributed by atoms with Gasteiger partial charge in [0, 0.05) is 45.0 Å². The van der Waals surface area contributed by atoms with E-state index in [4.69, 9.17) is 4.74 Å². The first kappa shape index (κ1) is 27.5. The largest absolute Gasteiger partial charge is 0.497 e. The Kier molecular flexibility index (Phi) is 9.00. The van der Waals surface area contributed by atoms with E-state index >= 15 is 0 Å². The highest BCUT2D eigenvalue weighted by Gasteiger charge is 2.23. The highest BCUT2D eigenvalue weighted by atomic mass is 32.2. The molecule has 0 atom stereocenters. The van der Waals surface area contributed by atoms with Gasteiger partial charge in [0.2, 0.25) is 5.91 Å². The van der Waals surface area contributed by atoms with E-state index in [9.17, 15) is 13.2 Å². The second-order valence-corrected chi connectivity index (χ2v) is 12.1. The van der Waals surface area contributed by atoms with Gasteiger partial charge in [-0.05, 0) is 59.4 Å². The molecular formula is C26H39N3O4S. The summed E-state index contributed by atoms with van der Waals surface area (Å²) in [6, 6.07) is 11.7. The maximum atomic E-state index is 13.1. The fourth-order valence-corrected chi connectivity index (χ4v) is 4.70. The second kappa shape index (κ2) is 11.1. The molecule has 188 valence electrons. The highest BCUT2D eigenvalue weighted by molar-refractivity contribution is 7.92. The van der Waals surface area contributed by atoms with Crippen LogP contribution in [-0.4, -0.2) is 47.0 Å². The van der Waals surface area contributed by atoms with Gasteiger partial charge in [0.05, 0.1) is 12.0 Å². The molecule has 8 heteroatoms. The standard InChI is InChI=1S/C26H39N3O4S/c1-19(2)17-29(25(30)16-26(3,4)5)18-20-15-21(9-14-24(20)28(6)7)27-34(31,32)23-12-10-22(33-8)11-13-23/h9-15,19,27H,16-18H2,1-8H3. The van der Waals surface area contributed by atoms with Crippen molar-refractivity contribution in [3.8, 4) is 5.75 Å². The number of hydrogen-bond acceptors (Lipinski definition) is 5. The average Bonchev–Trinajstić information content (AvgIpc) is 2.71. The lowest BCUT2D eigenvalue weighted by molar-refractivity contribution is -0.134. The minimum atomic E-state index is -3.78. The smallest absolute Gasteiger partial charge is 0.261 e. The molecule has 0 aromatic heterocycles. The summed E-state index contributed by atoms with van der Waals surface area (Å²) in [5.74, 6) is 0.986. The SMILES string of the molecule is COc1ccc(S(=O)(=O)Nc2ccc(N(C)C)c(CN(CC(C)C)C(=O)CC(C)(C)C)c2)cc1. The summed E-state index contributed by atoms with van der Waals surface area (Å²) in [6.45, 7) is 11.4. The molecule has 2 aromatic carbocycles. The number of carbonyl (C=O) groups is 1. The molecule has 0 bridgehead atoms. The Balaban J connectivity index is 2.38. The summed E-state index contributed by atoms with van der Waals surface area (Å²) < 4.78 is 33.7. The summed E-state index contributed by atoms with van der Waals surface area (Å²) in [5.41, 5.74) is 2.14. The van der Waals surface area contributed by atoms with Crippen molar-refractivity contribution in [2.24, 2.45) is 11.3 Å². The van der Waals surface area contributed by atoms with Crippen LogP contribution in [0.2, 0.25) is 0 Å². The van der Waals surface area contributed by atoms with Crippen LogP contribution in [0, 0.1) is 11.3 Å². The molecule has 0 spiro atoms. The zero-order chi connectivity index (χ0) is 25.7. The summed E-state index contributed by atoms with van der Waals surface area (Å²) >= 11 is 0. The lowest BCUT2D eigenvalue weighted by atomic mass is 9.91. The van der Waals surface area contributed by atoms with Gasteiger partial charge >= 0.3 is 0 Å². The Bertz CT molecular complexity index is 1070. The molecule has 0 aliphatic heterocycles. The van der Waals surface area contributed by atoms with Gasteiger partial charge in [-0.25, -0.2) is 8.42 Å². The first-order chi connectivity index (χ1) is 15.7. The topological polar surface area (TPSA) is 79.0 Å². The molecule has 0 unspecified atom stereocenters. The van der Waals surface area contributed by atoms with E-state index in [1.807, 2.05) is 36.0 Å². The molecule has 0 aliphatic carbocycles. The van der Waals surface area contributed by atoms with Gasteiger partial charge in [-0.15, -0.1) is 0 Å². The van der Waals surface area contributed by atoms with Gasteiger partial charge in [-0.2, -0.15) is 0 Å². The molecule has 0 saturated heterocycles. The quantitative estimate of drug-likeness (QED) is 0.509. The Morgan fingerprint density at radius 1 is 1.06 bits per heavy atom. The first-order valence-electron chi connectivity index (χ1n) is 11.5. The maximum Gasteiger partial charge on any atom is 0.261 e. The van der Waals surface area contributed by atoms with E-state index in [1.54, 1.807) is 18.2 Å². The fraction of sp³-hybridized carbons (Fsp3) is 0.500. The van der Waals surface area contributed by atoms with Gasteiger partial charge < -0.3 is 14.5 Å². The van der Waals surface area contributed by atoms with Gasteiger partial charge in [-0.3, -0.25) is 9.52 Å². The van der Waals surface area contributed by atoms with Gasteiger partial charge in [0.25, 0.3) is 10.0 Å². The number of amides is 1. The maximum absolute atomic E-state index is 13.1. The van der Waals surface area contributed by atoms with E-state index in [0.29, 0.717) is 36.9 Å². The van der Waals surface area contributed by atoms with E-state index in [2.05, 4.69) is 39.3 Å². The van der Waals surface area contributed by atoms with Crippen LogP contribution in [0.5, 0.6) is 5.75 Å². The molecule has 2 rings (SSSR count). The number of ether oxygens (including phenoxy) is 1. The monoisotopic (exact) mass is 489 g/mol. The molecule has 0 heterocycles. The van der Waals surface area contributed by atoms with Crippen LogP contribution in [0.4, 0.5) is 11.4 Å². The number of carbonyl (C=O) groups excluding carboxylic acids is 1. The number of methoxy groups -OCH3 is 1. The number of nitrogens with zero attached hydrogens (tertiary/aromatic N) is 2. The molecule has 1 amide bonds. The second-order valence-electron chi connectivity index (χ2n) is 10.4. The van der Waals surface area contributed by atoms with Gasteiger partial charge in [0.15, 0.2) is 0 Å². The van der Waals surface area contributed by atoms with Crippen LogP contribution in [0.3, 0.4) is 0 Å². The van der Waals surface area contributed by atoms with Crippen LogP contribution in [0.25, 0.3) is 0 Å². The third-order valence-electron chi connectivity index (χ3n) is 5.16. The minimum absolute atomic E-state index is 0.0927. The summed E-state index contributed by atoms with van der Waals surface area (Å²) in [7, 11) is 1.63. The van der Waals surface area contributed by atoms with Gasteiger partial charge in [0.1, 0.15) is 5.75 Å². The van der Waals surface area contributed by atoms with E-state index < -0.39 is 10.0 Å². The van der Waals surface area contributed by atoms with Crippen molar-refractivity contribution in [3.05, 3.63) is 48.0 Å². The summed E-state index contributed by atoms with van der Waals surface area (Å²) in [6.07, 6.45) is 0.445. The molecule has 0 saturated carbocycles. The van der Waals surface area contributed by atoms with Crippen LogP contribution in [0.1, 0.15) is 46.6 Å². The average molecular weight is 490 g/mol. The molecular weight excluding hydrogens is 450 g/mol. The van der Waals surface area contributed by atoms with Crippen LogP contribution < -0.4 is 14.4 Å². The van der Waals surface area contributed by atoms with Crippen molar-refractivity contribution in [2.75, 3.05) is 37.4 Å². The first-order valence-corrected chi connectivity index (χ1v) is 12.9. The number of nitrogens with one attached hydrogen (secondary N) is 1. The fourth-order valence-electron chi connectivity index (χ4n) is 3.65. The third kappa shape index (κ3) is 7.94. The predicted molar refractivity (Wildman–Crippen MR) is 139 cm³/mol. The van der Waals surface area contributed by atoms with Crippen LogP contribution in [-0.2, 0) is 21.4 Å². The third-order valence-corrected chi connectivity index (χ3v) is 6.56. The number of benzene rings is 2. The number of sulfonamides is 1. The Hall–Kier alpha value is -2.74.